The fraction of sp³-hybridized carbons (Fsp3) is 0.417. The second-order valence-corrected chi connectivity index (χ2v) is 5.40. The minimum absolute atomic E-state index is 0.215. The third-order valence-corrected chi connectivity index (χ3v) is 3.99. The molecule has 1 fully saturated rings. The molecule has 1 aromatic rings. The van der Waals surface area contributed by atoms with Gasteiger partial charge in [0.1, 0.15) is 4.93 Å². The van der Waals surface area contributed by atoms with Crippen molar-refractivity contribution in [1.82, 2.24) is 5.32 Å². The molecule has 4 nitrogen and oxygen atoms in total. The number of benzene rings is 1. The number of nitrogens with one attached hydrogen (secondary N) is 2. The van der Waals surface area contributed by atoms with Crippen molar-refractivity contribution in [3.8, 4) is 0 Å². The molecule has 0 radical (unpaired) electrons. The Hall–Kier alpha value is -1.20. The van der Waals surface area contributed by atoms with Gasteiger partial charge in [0.15, 0.2) is 0 Å². The Balaban J connectivity index is 2.19. The van der Waals surface area contributed by atoms with E-state index in [1.807, 2.05) is 24.3 Å². The zero-order valence-corrected chi connectivity index (χ0v) is 10.8. The molecule has 1 saturated heterocycles. The molecule has 1 aliphatic rings. The van der Waals surface area contributed by atoms with Crippen LogP contribution in [0.5, 0.6) is 0 Å². The maximum Gasteiger partial charge on any atom is 0.318 e. The van der Waals surface area contributed by atoms with E-state index in [2.05, 4.69) is 17.6 Å². The van der Waals surface area contributed by atoms with Gasteiger partial charge in [-0.25, -0.2) is 4.79 Å². The van der Waals surface area contributed by atoms with E-state index in [0.29, 0.717) is 0 Å². The Morgan fingerprint density at radius 2 is 2.35 bits per heavy atom. The summed E-state index contributed by atoms with van der Waals surface area (Å²) in [6.45, 7) is 2.83. The molecule has 5 heteroatoms. The lowest BCUT2D eigenvalue weighted by molar-refractivity contribution is 0.0644. The Bertz CT molecular complexity index is 417. The monoisotopic (exact) mass is 252 g/mol. The highest BCUT2D eigenvalue weighted by molar-refractivity contribution is 8.00. The normalized spacial score (nSPS) is 23.4. The second kappa shape index (κ2) is 4.98. The number of hydrogen-bond acceptors (Lipinski definition) is 3. The van der Waals surface area contributed by atoms with Crippen LogP contribution in [-0.4, -0.2) is 25.4 Å². The molecule has 1 aromatic carbocycles. The van der Waals surface area contributed by atoms with Crippen molar-refractivity contribution >= 4 is 23.5 Å². The number of thioether (sulfide) groups is 1. The SMILES string of the molecule is CNC(=O)Nc1cccc([C@]2(C)OCCS2)c1. The maximum atomic E-state index is 11.2. The van der Waals surface area contributed by atoms with Crippen molar-refractivity contribution in [2.24, 2.45) is 0 Å². The highest BCUT2D eigenvalue weighted by Gasteiger charge is 2.32. The van der Waals surface area contributed by atoms with Crippen molar-refractivity contribution in [3.05, 3.63) is 29.8 Å². The molecule has 0 aromatic heterocycles. The van der Waals surface area contributed by atoms with Gasteiger partial charge in [0.05, 0.1) is 6.61 Å². The van der Waals surface area contributed by atoms with Crippen LogP contribution in [-0.2, 0) is 9.67 Å². The molecule has 0 bridgehead atoms. The minimum Gasteiger partial charge on any atom is -0.359 e. The van der Waals surface area contributed by atoms with Crippen LogP contribution < -0.4 is 10.6 Å². The zero-order valence-electron chi connectivity index (χ0n) is 9.95. The standard InChI is InChI=1S/C12H16N2O2S/c1-12(16-6-7-17-12)9-4-3-5-10(8-9)14-11(15)13-2/h3-5,8H,6-7H2,1-2H3,(H2,13,14,15)/t12-/m1/s1. The second-order valence-electron chi connectivity index (χ2n) is 3.93. The predicted octanol–water partition coefficient (Wildman–Crippen LogP) is 2.37. The summed E-state index contributed by atoms with van der Waals surface area (Å²) in [5.41, 5.74) is 1.85. The van der Waals surface area contributed by atoms with Crippen LogP contribution >= 0.6 is 11.8 Å². The molecule has 0 aliphatic carbocycles. The molecule has 1 atom stereocenters. The quantitative estimate of drug-likeness (QED) is 0.849. The third kappa shape index (κ3) is 2.73. The van der Waals surface area contributed by atoms with Gasteiger partial charge in [-0.2, -0.15) is 0 Å². The predicted molar refractivity (Wildman–Crippen MR) is 70.3 cm³/mol. The van der Waals surface area contributed by atoms with Crippen LogP contribution in [0.15, 0.2) is 24.3 Å². The molecule has 1 heterocycles. The van der Waals surface area contributed by atoms with Crippen molar-refractivity contribution in [2.75, 3.05) is 24.7 Å². The van der Waals surface area contributed by atoms with Crippen LogP contribution in [0.3, 0.4) is 0 Å². The van der Waals surface area contributed by atoms with Gasteiger partial charge >= 0.3 is 6.03 Å². The van der Waals surface area contributed by atoms with E-state index in [4.69, 9.17) is 4.74 Å². The Morgan fingerprint density at radius 1 is 1.53 bits per heavy atom. The summed E-state index contributed by atoms with van der Waals surface area (Å²) >= 11 is 1.78. The molecule has 2 rings (SSSR count). The van der Waals surface area contributed by atoms with E-state index < -0.39 is 0 Å². The van der Waals surface area contributed by atoms with Gasteiger partial charge in [0.25, 0.3) is 0 Å². The largest absolute Gasteiger partial charge is 0.359 e. The molecule has 0 saturated carbocycles. The average Bonchev–Trinajstić information content (AvgIpc) is 2.78. The van der Waals surface area contributed by atoms with Crippen molar-refractivity contribution in [3.63, 3.8) is 0 Å². The minimum atomic E-state index is -0.291. The molecule has 1 aliphatic heterocycles. The molecular weight excluding hydrogens is 236 g/mol. The molecule has 92 valence electrons. The third-order valence-electron chi connectivity index (χ3n) is 2.71. The van der Waals surface area contributed by atoms with E-state index >= 15 is 0 Å². The fourth-order valence-corrected chi connectivity index (χ4v) is 2.77. The maximum absolute atomic E-state index is 11.2. The van der Waals surface area contributed by atoms with E-state index in [-0.39, 0.29) is 11.0 Å². The first kappa shape index (κ1) is 12.3. The summed E-state index contributed by atoms with van der Waals surface area (Å²) in [7, 11) is 1.59. The van der Waals surface area contributed by atoms with Gasteiger partial charge < -0.3 is 15.4 Å². The Labute approximate surface area is 105 Å². The van der Waals surface area contributed by atoms with Crippen molar-refractivity contribution in [2.45, 2.75) is 11.9 Å². The van der Waals surface area contributed by atoms with Crippen LogP contribution in [0, 0.1) is 0 Å². The lowest BCUT2D eigenvalue weighted by atomic mass is 10.1. The first-order chi connectivity index (χ1) is 8.14. The zero-order chi connectivity index (χ0) is 12.3. The van der Waals surface area contributed by atoms with Gasteiger partial charge in [-0.1, -0.05) is 12.1 Å². The number of urea groups is 1. The van der Waals surface area contributed by atoms with Crippen LogP contribution in [0.25, 0.3) is 0 Å². The van der Waals surface area contributed by atoms with Gasteiger partial charge in [-0.05, 0) is 24.6 Å². The molecule has 2 amide bonds. The topological polar surface area (TPSA) is 50.4 Å². The first-order valence-corrected chi connectivity index (χ1v) is 6.50. The molecule has 17 heavy (non-hydrogen) atoms. The van der Waals surface area contributed by atoms with Crippen LogP contribution in [0.2, 0.25) is 0 Å². The summed E-state index contributed by atoms with van der Waals surface area (Å²) in [6, 6.07) is 7.55. The molecule has 0 spiro atoms. The number of carbonyl (C=O) groups is 1. The highest BCUT2D eigenvalue weighted by Crippen LogP contribution is 2.42. The summed E-state index contributed by atoms with van der Waals surface area (Å²) < 4.78 is 5.75. The summed E-state index contributed by atoms with van der Waals surface area (Å²) in [4.78, 5) is 10.9. The van der Waals surface area contributed by atoms with Gasteiger partial charge in [-0.3, -0.25) is 0 Å². The average molecular weight is 252 g/mol. The summed E-state index contributed by atoms with van der Waals surface area (Å²) in [5.74, 6) is 1.00. The van der Waals surface area contributed by atoms with E-state index in [0.717, 1.165) is 23.6 Å². The van der Waals surface area contributed by atoms with Gasteiger partial charge in [-0.15, -0.1) is 11.8 Å². The number of anilines is 1. The van der Waals surface area contributed by atoms with E-state index in [1.54, 1.807) is 18.8 Å². The number of amides is 2. The Kier molecular flexibility index (Phi) is 3.59. The lowest BCUT2D eigenvalue weighted by Crippen LogP contribution is -2.25. The van der Waals surface area contributed by atoms with Crippen molar-refractivity contribution in [1.29, 1.82) is 0 Å². The fourth-order valence-electron chi connectivity index (χ4n) is 1.75. The summed E-state index contributed by atoms with van der Waals surface area (Å²) in [5, 5.41) is 5.28. The first-order valence-electron chi connectivity index (χ1n) is 5.51. The van der Waals surface area contributed by atoms with E-state index in [9.17, 15) is 4.79 Å². The number of rotatable bonds is 2. The summed E-state index contributed by atoms with van der Waals surface area (Å²) in [6.07, 6.45) is 0. The molecule has 2 N–H and O–H groups in total. The van der Waals surface area contributed by atoms with E-state index in [1.165, 1.54) is 0 Å². The van der Waals surface area contributed by atoms with Gasteiger partial charge in [0, 0.05) is 18.5 Å². The van der Waals surface area contributed by atoms with Crippen LogP contribution in [0.4, 0.5) is 10.5 Å². The van der Waals surface area contributed by atoms with Gasteiger partial charge in [0.2, 0.25) is 0 Å². The lowest BCUT2D eigenvalue weighted by Gasteiger charge is -2.23. The molecular formula is C12H16N2O2S. The number of hydrogen-bond donors (Lipinski definition) is 2. The molecule has 0 unspecified atom stereocenters. The number of carbonyl (C=O) groups excluding carboxylic acids is 1. The Morgan fingerprint density at radius 3 is 3.00 bits per heavy atom. The highest BCUT2D eigenvalue weighted by atomic mass is 32.2. The van der Waals surface area contributed by atoms with Crippen molar-refractivity contribution < 1.29 is 9.53 Å². The smallest absolute Gasteiger partial charge is 0.318 e. The number of ether oxygens (including phenoxy) is 1. The van der Waals surface area contributed by atoms with Crippen LogP contribution in [0.1, 0.15) is 12.5 Å².